The van der Waals surface area contributed by atoms with Gasteiger partial charge in [-0.3, -0.25) is 0 Å². The van der Waals surface area contributed by atoms with E-state index >= 15 is 0 Å². The average Bonchev–Trinajstić information content (AvgIpc) is 2.69. The summed E-state index contributed by atoms with van der Waals surface area (Å²) in [5.74, 6) is 0.702. The molecular formula is C16H22FNO. The highest BCUT2D eigenvalue weighted by molar-refractivity contribution is 5.77. The van der Waals surface area contributed by atoms with Crippen molar-refractivity contribution in [1.82, 2.24) is 5.32 Å². The number of halogens is 1. The van der Waals surface area contributed by atoms with Gasteiger partial charge in [-0.05, 0) is 43.1 Å². The van der Waals surface area contributed by atoms with Crippen LogP contribution >= 0.6 is 0 Å². The van der Waals surface area contributed by atoms with Gasteiger partial charge >= 0.3 is 0 Å². The van der Waals surface area contributed by atoms with E-state index in [-0.39, 0.29) is 11.2 Å². The van der Waals surface area contributed by atoms with Crippen LogP contribution in [-0.4, -0.2) is 13.1 Å². The minimum Gasteiger partial charge on any atom is -0.461 e. The molecule has 19 heavy (non-hydrogen) atoms. The molecule has 2 rings (SSSR count). The monoisotopic (exact) mass is 263 g/mol. The molecule has 1 unspecified atom stereocenters. The fourth-order valence-electron chi connectivity index (χ4n) is 2.49. The van der Waals surface area contributed by atoms with Crippen LogP contribution in [0.2, 0.25) is 0 Å². The summed E-state index contributed by atoms with van der Waals surface area (Å²) in [6.45, 7) is 6.67. The van der Waals surface area contributed by atoms with Gasteiger partial charge in [-0.25, -0.2) is 4.39 Å². The second-order valence-electron chi connectivity index (χ2n) is 6.14. The third-order valence-electron chi connectivity index (χ3n) is 3.60. The van der Waals surface area contributed by atoms with Crippen LogP contribution in [0, 0.1) is 11.2 Å². The molecule has 104 valence electrons. The van der Waals surface area contributed by atoms with Gasteiger partial charge in [-0.2, -0.15) is 0 Å². The Balaban J connectivity index is 2.09. The highest BCUT2D eigenvalue weighted by atomic mass is 19.1. The van der Waals surface area contributed by atoms with Crippen LogP contribution in [-0.2, 0) is 6.42 Å². The van der Waals surface area contributed by atoms with Crippen molar-refractivity contribution in [1.29, 1.82) is 0 Å². The fraction of sp³-hybridized carbons (Fsp3) is 0.500. The summed E-state index contributed by atoms with van der Waals surface area (Å²) in [5.41, 5.74) is 0.973. The molecule has 2 nitrogen and oxygen atoms in total. The van der Waals surface area contributed by atoms with Crippen molar-refractivity contribution in [3.8, 4) is 0 Å². The maximum absolute atomic E-state index is 13.1. The molecular weight excluding hydrogens is 241 g/mol. The zero-order valence-electron chi connectivity index (χ0n) is 12.1. The molecule has 0 fully saturated rings. The molecule has 0 saturated carbocycles. The Labute approximate surface area is 114 Å². The van der Waals surface area contributed by atoms with Crippen molar-refractivity contribution < 1.29 is 8.81 Å². The molecule has 0 aliphatic rings. The van der Waals surface area contributed by atoms with Gasteiger partial charge in [0.25, 0.3) is 0 Å². The van der Waals surface area contributed by atoms with Gasteiger partial charge in [-0.1, -0.05) is 20.8 Å². The predicted molar refractivity (Wildman–Crippen MR) is 76.8 cm³/mol. The smallest absolute Gasteiger partial charge is 0.134 e. The summed E-state index contributed by atoms with van der Waals surface area (Å²) in [7, 11) is 1.99. The first kappa shape index (κ1) is 14.1. The standard InChI is InChI=1S/C16H22FNO/c1-16(2,3)15(18-4)8-6-13-10-11-9-12(17)5-7-14(11)19-13/h5,7,9-10,15,18H,6,8H2,1-4H3. The molecule has 1 aromatic carbocycles. The van der Waals surface area contributed by atoms with Crippen LogP contribution in [0.4, 0.5) is 4.39 Å². The first-order valence-electron chi connectivity index (χ1n) is 6.75. The van der Waals surface area contributed by atoms with E-state index in [9.17, 15) is 4.39 Å². The Hall–Kier alpha value is -1.35. The fourth-order valence-corrected chi connectivity index (χ4v) is 2.49. The number of aryl methyl sites for hydroxylation is 1. The molecule has 0 bridgehead atoms. The van der Waals surface area contributed by atoms with E-state index in [0.29, 0.717) is 6.04 Å². The van der Waals surface area contributed by atoms with Gasteiger partial charge in [0.2, 0.25) is 0 Å². The highest BCUT2D eigenvalue weighted by Gasteiger charge is 2.22. The maximum atomic E-state index is 13.1. The van der Waals surface area contributed by atoms with Crippen molar-refractivity contribution in [3.05, 3.63) is 35.8 Å². The summed E-state index contributed by atoms with van der Waals surface area (Å²) in [6, 6.07) is 7.00. The first-order valence-corrected chi connectivity index (χ1v) is 6.75. The van der Waals surface area contributed by atoms with Crippen LogP contribution in [0.1, 0.15) is 33.0 Å². The van der Waals surface area contributed by atoms with E-state index in [1.54, 1.807) is 6.07 Å². The maximum Gasteiger partial charge on any atom is 0.134 e. The van der Waals surface area contributed by atoms with Crippen molar-refractivity contribution in [2.45, 2.75) is 39.7 Å². The lowest BCUT2D eigenvalue weighted by molar-refractivity contribution is 0.264. The third kappa shape index (κ3) is 3.35. The zero-order chi connectivity index (χ0) is 14.0. The quantitative estimate of drug-likeness (QED) is 0.897. The zero-order valence-corrected chi connectivity index (χ0v) is 12.1. The molecule has 1 atom stereocenters. The van der Waals surface area contributed by atoms with E-state index in [4.69, 9.17) is 4.42 Å². The van der Waals surface area contributed by atoms with Gasteiger partial charge < -0.3 is 9.73 Å². The molecule has 1 N–H and O–H groups in total. The Morgan fingerprint density at radius 3 is 2.63 bits per heavy atom. The Kier molecular flexibility index (Phi) is 3.95. The number of rotatable bonds is 4. The number of furan rings is 1. The van der Waals surface area contributed by atoms with E-state index < -0.39 is 0 Å². The van der Waals surface area contributed by atoms with Crippen LogP contribution in [0.3, 0.4) is 0 Å². The van der Waals surface area contributed by atoms with Crippen LogP contribution in [0.15, 0.2) is 28.7 Å². The average molecular weight is 263 g/mol. The number of hydrogen-bond acceptors (Lipinski definition) is 2. The van der Waals surface area contributed by atoms with Crippen LogP contribution < -0.4 is 5.32 Å². The number of nitrogens with one attached hydrogen (secondary N) is 1. The molecule has 0 spiro atoms. The first-order chi connectivity index (χ1) is 8.90. The Morgan fingerprint density at radius 1 is 1.26 bits per heavy atom. The van der Waals surface area contributed by atoms with E-state index in [0.717, 1.165) is 29.6 Å². The molecule has 0 radical (unpaired) electrons. The number of fused-ring (bicyclic) bond motifs is 1. The minimum absolute atomic E-state index is 0.215. The molecule has 1 heterocycles. The van der Waals surface area contributed by atoms with Crippen molar-refractivity contribution in [3.63, 3.8) is 0 Å². The molecule has 2 aromatic rings. The lowest BCUT2D eigenvalue weighted by Gasteiger charge is -2.30. The minimum atomic E-state index is -0.220. The summed E-state index contributed by atoms with van der Waals surface area (Å²) in [6.07, 6.45) is 1.86. The van der Waals surface area contributed by atoms with E-state index in [1.807, 2.05) is 13.1 Å². The highest BCUT2D eigenvalue weighted by Crippen LogP contribution is 2.25. The van der Waals surface area contributed by atoms with Crippen LogP contribution in [0.5, 0.6) is 0 Å². The van der Waals surface area contributed by atoms with Gasteiger partial charge in [0.15, 0.2) is 0 Å². The summed E-state index contributed by atoms with van der Waals surface area (Å²) in [4.78, 5) is 0. The summed E-state index contributed by atoms with van der Waals surface area (Å²) in [5, 5.41) is 4.19. The van der Waals surface area contributed by atoms with Gasteiger partial charge in [0.1, 0.15) is 17.2 Å². The predicted octanol–water partition coefficient (Wildman–Crippen LogP) is 4.14. The molecule has 0 aliphatic heterocycles. The molecule has 0 saturated heterocycles. The second-order valence-corrected chi connectivity index (χ2v) is 6.14. The molecule has 0 amide bonds. The SMILES string of the molecule is CNC(CCc1cc2cc(F)ccc2o1)C(C)(C)C. The number of hydrogen-bond donors (Lipinski definition) is 1. The molecule has 1 aromatic heterocycles. The summed E-state index contributed by atoms with van der Waals surface area (Å²) < 4.78 is 18.9. The van der Waals surface area contributed by atoms with E-state index in [1.165, 1.54) is 12.1 Å². The lowest BCUT2D eigenvalue weighted by atomic mass is 9.84. The van der Waals surface area contributed by atoms with Crippen molar-refractivity contribution in [2.24, 2.45) is 5.41 Å². The summed E-state index contributed by atoms with van der Waals surface area (Å²) >= 11 is 0. The van der Waals surface area contributed by atoms with Crippen molar-refractivity contribution in [2.75, 3.05) is 7.05 Å². The van der Waals surface area contributed by atoms with E-state index in [2.05, 4.69) is 26.1 Å². The Morgan fingerprint density at radius 2 is 2.00 bits per heavy atom. The molecule has 0 aliphatic carbocycles. The lowest BCUT2D eigenvalue weighted by Crippen LogP contribution is -2.38. The largest absolute Gasteiger partial charge is 0.461 e. The normalized spacial score (nSPS) is 13.9. The van der Waals surface area contributed by atoms with Gasteiger partial charge in [-0.15, -0.1) is 0 Å². The Bertz CT molecular complexity index is 553. The topological polar surface area (TPSA) is 25.2 Å². The van der Waals surface area contributed by atoms with Crippen LogP contribution in [0.25, 0.3) is 11.0 Å². The van der Waals surface area contributed by atoms with Crippen molar-refractivity contribution >= 4 is 11.0 Å². The van der Waals surface area contributed by atoms with Gasteiger partial charge in [0.05, 0.1) is 0 Å². The molecule has 3 heteroatoms. The third-order valence-corrected chi connectivity index (χ3v) is 3.60. The number of benzene rings is 1. The second kappa shape index (κ2) is 5.33. The van der Waals surface area contributed by atoms with Gasteiger partial charge in [0, 0.05) is 17.8 Å².